The summed E-state index contributed by atoms with van der Waals surface area (Å²) in [6, 6.07) is 9.04. The average molecular weight is 228 g/mol. The van der Waals surface area contributed by atoms with Crippen molar-refractivity contribution in [3.63, 3.8) is 0 Å². The van der Waals surface area contributed by atoms with Crippen LogP contribution in [0.3, 0.4) is 0 Å². The zero-order valence-electron chi connectivity index (χ0n) is 9.93. The van der Waals surface area contributed by atoms with E-state index in [1.165, 1.54) is 18.4 Å². The number of hydrogen-bond donors (Lipinski definition) is 1. The van der Waals surface area contributed by atoms with Gasteiger partial charge in [0.2, 0.25) is 0 Å². The molecular weight excluding hydrogens is 212 g/mol. The van der Waals surface area contributed by atoms with Gasteiger partial charge in [0.15, 0.2) is 0 Å². The zero-order valence-corrected chi connectivity index (χ0v) is 9.93. The molecule has 1 fully saturated rings. The first-order chi connectivity index (χ1) is 8.33. The van der Waals surface area contributed by atoms with E-state index in [1.807, 2.05) is 10.9 Å². The molecule has 2 aromatic rings. The molecule has 88 valence electrons. The first kappa shape index (κ1) is 10.5. The van der Waals surface area contributed by atoms with Gasteiger partial charge in [-0.25, -0.2) is 4.68 Å². The fraction of sp³-hybridized carbons (Fsp3) is 0.385. The third kappa shape index (κ3) is 2.36. The van der Waals surface area contributed by atoms with Crippen LogP contribution in [0, 0.1) is 6.92 Å². The second-order valence-corrected chi connectivity index (χ2v) is 4.63. The van der Waals surface area contributed by atoms with Crippen LogP contribution in [-0.2, 0) is 6.54 Å². The van der Waals surface area contributed by atoms with Crippen molar-refractivity contribution in [2.45, 2.75) is 32.4 Å². The van der Waals surface area contributed by atoms with Gasteiger partial charge in [-0.2, -0.15) is 0 Å². The maximum atomic E-state index is 4.14. The predicted octanol–water partition coefficient (Wildman–Crippen LogP) is 1.83. The van der Waals surface area contributed by atoms with Gasteiger partial charge in [-0.1, -0.05) is 22.9 Å². The zero-order chi connectivity index (χ0) is 11.7. The summed E-state index contributed by atoms with van der Waals surface area (Å²) in [6.45, 7) is 2.92. The van der Waals surface area contributed by atoms with Crippen LogP contribution in [-0.4, -0.2) is 21.0 Å². The molecule has 0 aliphatic heterocycles. The Morgan fingerprint density at radius 2 is 2.06 bits per heavy atom. The molecule has 0 spiro atoms. The van der Waals surface area contributed by atoms with Crippen molar-refractivity contribution in [2.75, 3.05) is 0 Å². The lowest BCUT2D eigenvalue weighted by Crippen LogP contribution is -2.18. The van der Waals surface area contributed by atoms with E-state index < -0.39 is 0 Å². The second-order valence-electron chi connectivity index (χ2n) is 4.63. The summed E-state index contributed by atoms with van der Waals surface area (Å²) in [5, 5.41) is 11.6. The Kier molecular flexibility index (Phi) is 2.65. The first-order valence-electron chi connectivity index (χ1n) is 6.03. The summed E-state index contributed by atoms with van der Waals surface area (Å²) >= 11 is 0. The molecule has 0 amide bonds. The largest absolute Gasteiger partial charge is 0.308 e. The monoisotopic (exact) mass is 228 g/mol. The molecule has 0 radical (unpaired) electrons. The first-order valence-corrected chi connectivity index (χ1v) is 6.03. The fourth-order valence-electron chi connectivity index (χ4n) is 1.82. The number of nitrogens with one attached hydrogen (secondary N) is 1. The minimum absolute atomic E-state index is 0.705. The molecule has 1 heterocycles. The van der Waals surface area contributed by atoms with Crippen molar-refractivity contribution < 1.29 is 0 Å². The van der Waals surface area contributed by atoms with Crippen LogP contribution < -0.4 is 5.32 Å². The van der Waals surface area contributed by atoms with Gasteiger partial charge in [-0.05, 0) is 31.9 Å². The van der Waals surface area contributed by atoms with Crippen molar-refractivity contribution >= 4 is 0 Å². The smallest absolute Gasteiger partial charge is 0.0783 e. The van der Waals surface area contributed by atoms with Crippen molar-refractivity contribution in [2.24, 2.45) is 0 Å². The molecule has 0 unspecified atom stereocenters. The van der Waals surface area contributed by atoms with E-state index in [1.54, 1.807) is 0 Å². The van der Waals surface area contributed by atoms with E-state index in [0.717, 1.165) is 17.9 Å². The molecule has 0 atom stereocenters. The molecule has 4 nitrogen and oxygen atoms in total. The molecule has 1 N–H and O–H groups in total. The molecule has 1 aromatic carbocycles. The molecule has 1 aromatic heterocycles. The Morgan fingerprint density at radius 1 is 1.29 bits per heavy atom. The van der Waals surface area contributed by atoms with Crippen LogP contribution in [0.2, 0.25) is 0 Å². The number of nitrogens with zero attached hydrogens (tertiary/aromatic N) is 3. The van der Waals surface area contributed by atoms with E-state index in [2.05, 4.69) is 46.8 Å². The van der Waals surface area contributed by atoms with E-state index in [9.17, 15) is 0 Å². The summed E-state index contributed by atoms with van der Waals surface area (Å²) in [7, 11) is 0. The van der Waals surface area contributed by atoms with Crippen molar-refractivity contribution in [1.29, 1.82) is 0 Å². The number of rotatable bonds is 4. The quantitative estimate of drug-likeness (QED) is 0.868. The van der Waals surface area contributed by atoms with Gasteiger partial charge in [-0.3, -0.25) is 0 Å². The van der Waals surface area contributed by atoms with Crippen LogP contribution in [0.25, 0.3) is 5.69 Å². The number of aromatic nitrogens is 3. The minimum Gasteiger partial charge on any atom is -0.308 e. The van der Waals surface area contributed by atoms with Gasteiger partial charge in [0, 0.05) is 12.6 Å². The van der Waals surface area contributed by atoms with Gasteiger partial charge >= 0.3 is 0 Å². The molecule has 4 heteroatoms. The van der Waals surface area contributed by atoms with Crippen LogP contribution in [0.5, 0.6) is 0 Å². The van der Waals surface area contributed by atoms with Crippen LogP contribution >= 0.6 is 0 Å². The van der Waals surface area contributed by atoms with Gasteiger partial charge in [-0.15, -0.1) is 5.10 Å². The molecule has 3 rings (SSSR count). The molecule has 0 saturated heterocycles. The highest BCUT2D eigenvalue weighted by Crippen LogP contribution is 2.19. The highest BCUT2D eigenvalue weighted by molar-refractivity contribution is 5.34. The van der Waals surface area contributed by atoms with E-state index in [4.69, 9.17) is 0 Å². The Balaban J connectivity index is 1.81. The highest BCUT2D eigenvalue weighted by atomic mass is 15.4. The molecule has 17 heavy (non-hydrogen) atoms. The van der Waals surface area contributed by atoms with Crippen molar-refractivity contribution in [3.8, 4) is 5.69 Å². The van der Waals surface area contributed by atoms with E-state index in [0.29, 0.717) is 6.04 Å². The minimum atomic E-state index is 0.705. The fourth-order valence-corrected chi connectivity index (χ4v) is 1.82. The van der Waals surface area contributed by atoms with Crippen LogP contribution in [0.15, 0.2) is 30.5 Å². The highest BCUT2D eigenvalue weighted by Gasteiger charge is 2.20. The van der Waals surface area contributed by atoms with Crippen LogP contribution in [0.4, 0.5) is 0 Å². The van der Waals surface area contributed by atoms with Gasteiger partial charge < -0.3 is 5.32 Å². The topological polar surface area (TPSA) is 42.7 Å². The maximum absolute atomic E-state index is 4.14. The average Bonchev–Trinajstić information content (AvgIpc) is 3.06. The Bertz CT molecular complexity index is 496. The number of aryl methyl sites for hydroxylation is 1. The SMILES string of the molecule is Cc1ccc(-n2nncc2CNC2CC2)cc1. The van der Waals surface area contributed by atoms with E-state index in [-0.39, 0.29) is 0 Å². The van der Waals surface area contributed by atoms with Gasteiger partial charge in [0.1, 0.15) is 0 Å². The maximum Gasteiger partial charge on any atom is 0.0783 e. The molecule has 0 bridgehead atoms. The molecular formula is C13H16N4. The Hall–Kier alpha value is -1.68. The summed E-state index contributed by atoms with van der Waals surface area (Å²) in [6.07, 6.45) is 4.42. The van der Waals surface area contributed by atoms with Gasteiger partial charge in [0.05, 0.1) is 17.6 Å². The standard InChI is InChI=1S/C13H16N4/c1-10-2-6-12(7-3-10)17-13(9-15-16-17)8-14-11-4-5-11/h2-3,6-7,9,11,14H,4-5,8H2,1H3. The lowest BCUT2D eigenvalue weighted by atomic mass is 10.2. The number of hydrogen-bond acceptors (Lipinski definition) is 3. The Morgan fingerprint density at radius 3 is 2.76 bits per heavy atom. The third-order valence-corrected chi connectivity index (χ3v) is 3.05. The summed E-state index contributed by atoms with van der Waals surface area (Å²) < 4.78 is 1.90. The van der Waals surface area contributed by atoms with E-state index >= 15 is 0 Å². The molecule has 1 aliphatic carbocycles. The summed E-state index contributed by atoms with van der Waals surface area (Å²) in [4.78, 5) is 0. The normalized spacial score (nSPS) is 15.1. The van der Waals surface area contributed by atoms with Gasteiger partial charge in [0.25, 0.3) is 0 Å². The Labute approximate surface area is 101 Å². The van der Waals surface area contributed by atoms with Crippen molar-refractivity contribution in [3.05, 3.63) is 41.7 Å². The molecule has 1 aliphatic rings. The predicted molar refractivity (Wildman–Crippen MR) is 66.0 cm³/mol. The second kappa shape index (κ2) is 4.30. The summed E-state index contributed by atoms with van der Waals surface area (Å²) in [5.41, 5.74) is 3.44. The molecule has 1 saturated carbocycles. The van der Waals surface area contributed by atoms with Crippen LogP contribution in [0.1, 0.15) is 24.1 Å². The lowest BCUT2D eigenvalue weighted by molar-refractivity contribution is 0.647. The lowest BCUT2D eigenvalue weighted by Gasteiger charge is -2.07. The summed E-state index contributed by atoms with van der Waals surface area (Å²) in [5.74, 6) is 0. The van der Waals surface area contributed by atoms with Crippen molar-refractivity contribution in [1.82, 2.24) is 20.3 Å². The number of benzene rings is 1. The third-order valence-electron chi connectivity index (χ3n) is 3.05.